The van der Waals surface area contributed by atoms with Crippen molar-refractivity contribution in [2.24, 2.45) is 0 Å². The van der Waals surface area contributed by atoms with Crippen molar-refractivity contribution in [1.82, 2.24) is 0 Å². The number of carbonyl (C=O) groups is 1. The lowest BCUT2D eigenvalue weighted by Crippen LogP contribution is -2.03. The van der Waals surface area contributed by atoms with Gasteiger partial charge >= 0.3 is 5.97 Å². The molecule has 3 nitrogen and oxygen atoms in total. The molecule has 0 amide bonds. The third kappa shape index (κ3) is 4.10. The van der Waals surface area contributed by atoms with E-state index in [1.165, 1.54) is 18.1 Å². The van der Waals surface area contributed by atoms with Crippen molar-refractivity contribution >= 4 is 5.97 Å². The quantitative estimate of drug-likeness (QED) is 0.579. The molecule has 1 unspecified atom stereocenters. The Morgan fingerprint density at radius 3 is 1.86 bits per heavy atom. The van der Waals surface area contributed by atoms with Crippen LogP contribution in [-0.2, 0) is 4.79 Å². The molecule has 0 aliphatic rings. The molecule has 2 aromatic carbocycles. The zero-order valence-corrected chi connectivity index (χ0v) is 13.3. The minimum Gasteiger partial charge on any atom is -0.497 e. The smallest absolute Gasteiger partial charge is 0.308 e. The van der Waals surface area contributed by atoms with E-state index in [1.807, 2.05) is 36.4 Å². The summed E-state index contributed by atoms with van der Waals surface area (Å²) in [5, 5.41) is 0. The second-order valence-electron chi connectivity index (χ2n) is 5.28. The summed E-state index contributed by atoms with van der Waals surface area (Å²) < 4.78 is 10.3. The van der Waals surface area contributed by atoms with E-state index in [0.717, 1.165) is 18.6 Å². The minimum absolute atomic E-state index is 0.298. The Morgan fingerprint density at radius 1 is 0.955 bits per heavy atom. The number of benzene rings is 2. The van der Waals surface area contributed by atoms with E-state index in [1.54, 1.807) is 7.11 Å². The normalized spacial score (nSPS) is 11.8. The first-order chi connectivity index (χ1) is 10.6. The summed E-state index contributed by atoms with van der Waals surface area (Å²) >= 11 is 0. The van der Waals surface area contributed by atoms with Crippen molar-refractivity contribution in [3.05, 3.63) is 59.7 Å². The van der Waals surface area contributed by atoms with E-state index >= 15 is 0 Å². The maximum atomic E-state index is 11.0. The van der Waals surface area contributed by atoms with Crippen molar-refractivity contribution < 1.29 is 14.3 Å². The highest BCUT2D eigenvalue weighted by molar-refractivity contribution is 5.69. The monoisotopic (exact) mass is 298 g/mol. The van der Waals surface area contributed by atoms with Crippen molar-refractivity contribution in [3.63, 3.8) is 0 Å². The van der Waals surface area contributed by atoms with Crippen LogP contribution in [0.2, 0.25) is 0 Å². The molecule has 2 aromatic rings. The first-order valence-corrected chi connectivity index (χ1v) is 7.56. The van der Waals surface area contributed by atoms with Gasteiger partial charge in [-0.15, -0.1) is 0 Å². The lowest BCUT2D eigenvalue weighted by atomic mass is 9.87. The van der Waals surface area contributed by atoms with Gasteiger partial charge < -0.3 is 9.47 Å². The van der Waals surface area contributed by atoms with E-state index in [-0.39, 0.29) is 5.97 Å². The standard InChI is InChI=1S/C19H22O3/c1-4-5-19(15-6-10-17(21-3)11-7-15)16-8-12-18(13-9-16)22-14(2)20/h6-13,19H,4-5H2,1-3H3. The predicted molar refractivity (Wildman–Crippen MR) is 87.5 cm³/mol. The summed E-state index contributed by atoms with van der Waals surface area (Å²) in [6, 6.07) is 16.0. The van der Waals surface area contributed by atoms with Crippen molar-refractivity contribution in [1.29, 1.82) is 0 Å². The summed E-state index contributed by atoms with van der Waals surface area (Å²) in [5.41, 5.74) is 2.49. The summed E-state index contributed by atoms with van der Waals surface area (Å²) in [4.78, 5) is 11.0. The molecule has 0 spiro atoms. The molecule has 0 heterocycles. The van der Waals surface area contributed by atoms with Crippen LogP contribution < -0.4 is 9.47 Å². The molecule has 0 saturated carbocycles. The van der Waals surface area contributed by atoms with Crippen LogP contribution in [-0.4, -0.2) is 13.1 Å². The van der Waals surface area contributed by atoms with Gasteiger partial charge in [0.15, 0.2) is 0 Å². The Kier molecular flexibility index (Phi) is 5.59. The maximum Gasteiger partial charge on any atom is 0.308 e. The fraction of sp³-hybridized carbons (Fsp3) is 0.316. The van der Waals surface area contributed by atoms with Crippen molar-refractivity contribution in [3.8, 4) is 11.5 Å². The van der Waals surface area contributed by atoms with E-state index < -0.39 is 0 Å². The fourth-order valence-corrected chi connectivity index (χ4v) is 2.58. The zero-order chi connectivity index (χ0) is 15.9. The van der Waals surface area contributed by atoms with Crippen LogP contribution in [0.15, 0.2) is 48.5 Å². The summed E-state index contributed by atoms with van der Waals surface area (Å²) in [5.74, 6) is 1.49. The topological polar surface area (TPSA) is 35.5 Å². The van der Waals surface area contributed by atoms with E-state index in [2.05, 4.69) is 19.1 Å². The van der Waals surface area contributed by atoms with Crippen LogP contribution in [0, 0.1) is 0 Å². The second kappa shape index (κ2) is 7.64. The van der Waals surface area contributed by atoms with E-state index in [4.69, 9.17) is 9.47 Å². The Hall–Kier alpha value is -2.29. The number of esters is 1. The molecule has 0 fully saturated rings. The lowest BCUT2D eigenvalue weighted by molar-refractivity contribution is -0.131. The lowest BCUT2D eigenvalue weighted by Gasteiger charge is -2.18. The van der Waals surface area contributed by atoms with Gasteiger partial charge in [0.2, 0.25) is 0 Å². The number of rotatable bonds is 6. The Labute approximate surface area is 131 Å². The summed E-state index contributed by atoms with van der Waals surface area (Å²) in [6.07, 6.45) is 2.17. The molecule has 0 radical (unpaired) electrons. The number of hydrogen-bond donors (Lipinski definition) is 0. The molecule has 0 bridgehead atoms. The summed E-state index contributed by atoms with van der Waals surface area (Å²) in [7, 11) is 1.67. The van der Waals surface area contributed by atoms with Gasteiger partial charge in [-0.25, -0.2) is 0 Å². The van der Waals surface area contributed by atoms with Crippen LogP contribution >= 0.6 is 0 Å². The first-order valence-electron chi connectivity index (χ1n) is 7.56. The molecule has 0 aliphatic carbocycles. The van der Waals surface area contributed by atoms with Crippen molar-refractivity contribution in [2.45, 2.75) is 32.6 Å². The molecular formula is C19H22O3. The van der Waals surface area contributed by atoms with Gasteiger partial charge in [0.05, 0.1) is 7.11 Å². The van der Waals surface area contributed by atoms with Gasteiger partial charge in [-0.05, 0) is 41.8 Å². The van der Waals surface area contributed by atoms with Gasteiger partial charge in [-0.2, -0.15) is 0 Å². The maximum absolute atomic E-state index is 11.0. The summed E-state index contributed by atoms with van der Waals surface area (Å²) in [6.45, 7) is 3.59. The minimum atomic E-state index is -0.298. The SMILES string of the molecule is CCCC(c1ccc(OC)cc1)c1ccc(OC(C)=O)cc1. The van der Waals surface area contributed by atoms with Crippen LogP contribution in [0.1, 0.15) is 43.7 Å². The Balaban J connectivity index is 2.24. The van der Waals surface area contributed by atoms with Gasteiger partial charge in [-0.3, -0.25) is 4.79 Å². The first kappa shape index (κ1) is 16.1. The van der Waals surface area contributed by atoms with Gasteiger partial charge in [-0.1, -0.05) is 37.6 Å². The average molecular weight is 298 g/mol. The highest BCUT2D eigenvalue weighted by Gasteiger charge is 2.13. The fourth-order valence-electron chi connectivity index (χ4n) is 2.58. The molecule has 2 rings (SSSR count). The van der Waals surface area contributed by atoms with E-state index in [9.17, 15) is 4.79 Å². The highest BCUT2D eigenvalue weighted by Crippen LogP contribution is 2.31. The van der Waals surface area contributed by atoms with Crippen LogP contribution in [0.3, 0.4) is 0 Å². The average Bonchev–Trinajstić information content (AvgIpc) is 2.53. The molecule has 0 aromatic heterocycles. The van der Waals surface area contributed by atoms with Crippen LogP contribution in [0.4, 0.5) is 0 Å². The van der Waals surface area contributed by atoms with Gasteiger partial charge in [0.25, 0.3) is 0 Å². The molecule has 0 N–H and O–H groups in total. The molecule has 1 atom stereocenters. The molecular weight excluding hydrogens is 276 g/mol. The second-order valence-corrected chi connectivity index (χ2v) is 5.28. The predicted octanol–water partition coefficient (Wildman–Crippen LogP) is 4.55. The van der Waals surface area contributed by atoms with Gasteiger partial charge in [0, 0.05) is 12.8 Å². The van der Waals surface area contributed by atoms with Crippen molar-refractivity contribution in [2.75, 3.05) is 7.11 Å². The third-order valence-corrected chi connectivity index (χ3v) is 3.64. The Morgan fingerprint density at radius 2 is 1.45 bits per heavy atom. The molecule has 3 heteroatoms. The molecule has 116 valence electrons. The molecule has 0 saturated heterocycles. The zero-order valence-electron chi connectivity index (χ0n) is 13.3. The number of methoxy groups -OCH3 is 1. The number of ether oxygens (including phenoxy) is 2. The Bertz CT molecular complexity index is 600. The van der Waals surface area contributed by atoms with Gasteiger partial charge in [0.1, 0.15) is 11.5 Å². The van der Waals surface area contributed by atoms with Crippen LogP contribution in [0.5, 0.6) is 11.5 Å². The number of carbonyl (C=O) groups excluding carboxylic acids is 1. The molecule has 0 aliphatic heterocycles. The highest BCUT2D eigenvalue weighted by atomic mass is 16.5. The van der Waals surface area contributed by atoms with Crippen LogP contribution in [0.25, 0.3) is 0 Å². The largest absolute Gasteiger partial charge is 0.497 e. The number of hydrogen-bond acceptors (Lipinski definition) is 3. The molecule has 22 heavy (non-hydrogen) atoms. The third-order valence-electron chi connectivity index (χ3n) is 3.64. The van der Waals surface area contributed by atoms with E-state index in [0.29, 0.717) is 11.7 Å².